The predicted molar refractivity (Wildman–Crippen MR) is 72.4 cm³/mol. The monoisotopic (exact) mass is 270 g/mol. The Morgan fingerprint density at radius 2 is 1.40 bits per heavy atom. The Kier molecular flexibility index (Phi) is 3.28. The molecule has 0 aliphatic carbocycles. The molecule has 3 aromatic rings. The standard InChI is InChI=1S/C14H18N6/c1-3-17-9-15-19(11-17)13-6-5-7-14(8-13)20-12-18(4-2)10-16-20/h5-12H,3-4H2,1-2H3/q+2. The molecule has 0 spiro atoms. The van der Waals surface area contributed by atoms with Gasteiger partial charge < -0.3 is 0 Å². The lowest BCUT2D eigenvalue weighted by Crippen LogP contribution is -2.29. The molecule has 2 aromatic heterocycles. The molecule has 0 unspecified atom stereocenters. The molecule has 6 nitrogen and oxygen atoms in total. The maximum atomic E-state index is 4.36. The molecular formula is C14H18N6+2. The highest BCUT2D eigenvalue weighted by Gasteiger charge is 2.12. The van der Waals surface area contributed by atoms with Gasteiger partial charge in [0.25, 0.3) is 12.7 Å². The van der Waals surface area contributed by atoms with Crippen molar-refractivity contribution in [2.45, 2.75) is 26.9 Å². The second-order valence-corrected chi connectivity index (χ2v) is 4.56. The number of hydrogen-bond donors (Lipinski definition) is 0. The lowest BCUT2D eigenvalue weighted by atomic mass is 10.3. The number of rotatable bonds is 4. The van der Waals surface area contributed by atoms with Crippen LogP contribution in [-0.4, -0.2) is 19.6 Å². The zero-order valence-corrected chi connectivity index (χ0v) is 11.7. The van der Waals surface area contributed by atoms with Gasteiger partial charge >= 0.3 is 0 Å². The minimum absolute atomic E-state index is 0.912. The highest BCUT2D eigenvalue weighted by Crippen LogP contribution is 2.11. The van der Waals surface area contributed by atoms with Gasteiger partial charge in [-0.1, -0.05) is 15.4 Å². The summed E-state index contributed by atoms with van der Waals surface area (Å²) in [6, 6.07) is 8.16. The first-order valence-corrected chi connectivity index (χ1v) is 6.78. The maximum Gasteiger partial charge on any atom is 0.265 e. The van der Waals surface area contributed by atoms with Crippen molar-refractivity contribution in [2.24, 2.45) is 0 Å². The first kappa shape index (κ1) is 12.5. The smallest absolute Gasteiger partial charge is 0.237 e. The first-order chi connectivity index (χ1) is 9.80. The molecule has 0 aliphatic heterocycles. The molecular weight excluding hydrogens is 252 g/mol. The van der Waals surface area contributed by atoms with E-state index in [0.717, 1.165) is 24.5 Å². The molecule has 0 saturated heterocycles. The molecule has 1 aromatic carbocycles. The molecule has 0 aliphatic rings. The van der Waals surface area contributed by atoms with E-state index in [1.807, 2.05) is 62.0 Å². The molecule has 102 valence electrons. The van der Waals surface area contributed by atoms with E-state index >= 15 is 0 Å². The quantitative estimate of drug-likeness (QED) is 0.654. The summed E-state index contributed by atoms with van der Waals surface area (Å²) in [5.74, 6) is 0. The molecule has 0 amide bonds. The van der Waals surface area contributed by atoms with E-state index in [-0.39, 0.29) is 0 Å². The van der Waals surface area contributed by atoms with E-state index < -0.39 is 0 Å². The number of benzene rings is 1. The van der Waals surface area contributed by atoms with Gasteiger partial charge in [-0.15, -0.1) is 0 Å². The van der Waals surface area contributed by atoms with E-state index in [1.165, 1.54) is 0 Å². The summed E-state index contributed by atoms with van der Waals surface area (Å²) in [6.45, 7) is 6.01. The summed E-state index contributed by atoms with van der Waals surface area (Å²) in [5, 5.41) is 8.72. The zero-order valence-electron chi connectivity index (χ0n) is 11.7. The van der Waals surface area contributed by atoms with E-state index in [2.05, 4.69) is 30.1 Å². The molecule has 0 radical (unpaired) electrons. The summed E-state index contributed by atoms with van der Waals surface area (Å²) >= 11 is 0. The van der Waals surface area contributed by atoms with E-state index in [0.29, 0.717) is 0 Å². The Morgan fingerprint density at radius 1 is 0.900 bits per heavy atom. The van der Waals surface area contributed by atoms with Crippen LogP contribution in [0.15, 0.2) is 49.6 Å². The van der Waals surface area contributed by atoms with Gasteiger partial charge in [0.15, 0.2) is 0 Å². The predicted octanol–water partition coefficient (Wildman–Crippen LogP) is 0.673. The van der Waals surface area contributed by atoms with Crippen molar-refractivity contribution in [1.29, 1.82) is 0 Å². The Balaban J connectivity index is 1.96. The van der Waals surface area contributed by atoms with Crippen LogP contribution in [0.2, 0.25) is 0 Å². The Hall–Kier alpha value is -2.50. The molecule has 0 N–H and O–H groups in total. The third-order valence-electron chi connectivity index (χ3n) is 3.25. The third kappa shape index (κ3) is 2.32. The Bertz CT molecular complexity index is 654. The molecule has 20 heavy (non-hydrogen) atoms. The average Bonchev–Trinajstić information content (AvgIpc) is 3.16. The van der Waals surface area contributed by atoms with E-state index in [1.54, 1.807) is 0 Å². The highest BCUT2D eigenvalue weighted by molar-refractivity contribution is 5.41. The summed E-state index contributed by atoms with van der Waals surface area (Å²) < 4.78 is 7.80. The summed E-state index contributed by atoms with van der Waals surface area (Å²) in [4.78, 5) is 0. The lowest BCUT2D eigenvalue weighted by molar-refractivity contribution is -0.694. The second-order valence-electron chi connectivity index (χ2n) is 4.56. The number of aromatic nitrogens is 6. The fraction of sp³-hybridized carbons (Fsp3) is 0.286. The summed E-state index contributed by atoms with van der Waals surface area (Å²) in [5.41, 5.74) is 2.04. The van der Waals surface area contributed by atoms with Crippen LogP contribution in [-0.2, 0) is 13.1 Å². The van der Waals surface area contributed by atoms with Gasteiger partial charge in [0, 0.05) is 16.3 Å². The van der Waals surface area contributed by atoms with Crippen molar-refractivity contribution in [1.82, 2.24) is 19.6 Å². The molecule has 0 bridgehead atoms. The van der Waals surface area contributed by atoms with E-state index in [4.69, 9.17) is 0 Å². The van der Waals surface area contributed by atoms with Crippen LogP contribution in [0, 0.1) is 0 Å². The van der Waals surface area contributed by atoms with Crippen molar-refractivity contribution < 1.29 is 9.13 Å². The minimum Gasteiger partial charge on any atom is -0.237 e. The Morgan fingerprint density at radius 3 is 1.80 bits per heavy atom. The Labute approximate surface area is 117 Å². The average molecular weight is 270 g/mol. The van der Waals surface area contributed by atoms with Crippen molar-refractivity contribution >= 4 is 0 Å². The van der Waals surface area contributed by atoms with Crippen LogP contribution in [0.5, 0.6) is 0 Å². The van der Waals surface area contributed by atoms with Gasteiger partial charge in [0.05, 0.1) is 13.1 Å². The minimum atomic E-state index is 0.912. The van der Waals surface area contributed by atoms with Gasteiger partial charge in [0.2, 0.25) is 12.7 Å². The SMILES string of the molecule is CC[n+]1cnn(-c2cccc(-n3c[n+](CC)cn3)c2)c1. The molecule has 0 atom stereocenters. The van der Waals surface area contributed by atoms with Gasteiger partial charge in [-0.25, -0.2) is 9.13 Å². The van der Waals surface area contributed by atoms with Crippen molar-refractivity contribution in [3.05, 3.63) is 49.6 Å². The van der Waals surface area contributed by atoms with Crippen LogP contribution in [0.1, 0.15) is 13.8 Å². The van der Waals surface area contributed by atoms with Crippen molar-refractivity contribution in [3.63, 3.8) is 0 Å². The number of nitrogens with zero attached hydrogens (tertiary/aromatic N) is 6. The van der Waals surface area contributed by atoms with Crippen LogP contribution in [0.25, 0.3) is 11.4 Å². The van der Waals surface area contributed by atoms with Gasteiger partial charge in [-0.2, -0.15) is 0 Å². The van der Waals surface area contributed by atoms with Crippen LogP contribution >= 0.6 is 0 Å². The lowest BCUT2D eigenvalue weighted by Gasteiger charge is -1.96. The molecule has 0 saturated carbocycles. The van der Waals surface area contributed by atoms with Crippen LogP contribution in [0.3, 0.4) is 0 Å². The fourth-order valence-electron chi connectivity index (χ4n) is 2.02. The second kappa shape index (κ2) is 5.24. The largest absolute Gasteiger partial charge is 0.265 e. The van der Waals surface area contributed by atoms with Crippen molar-refractivity contribution in [3.8, 4) is 11.4 Å². The summed E-state index contributed by atoms with van der Waals surface area (Å²) in [7, 11) is 0. The van der Waals surface area contributed by atoms with Gasteiger partial charge in [-0.3, -0.25) is 0 Å². The van der Waals surface area contributed by atoms with Crippen LogP contribution < -0.4 is 9.13 Å². The third-order valence-corrected chi connectivity index (χ3v) is 3.25. The molecule has 6 heteroatoms. The van der Waals surface area contributed by atoms with Gasteiger partial charge in [0.1, 0.15) is 11.4 Å². The topological polar surface area (TPSA) is 43.4 Å². The molecule has 3 rings (SSSR count). The van der Waals surface area contributed by atoms with E-state index in [9.17, 15) is 0 Å². The number of aryl methyl sites for hydroxylation is 2. The number of hydrogen-bond acceptors (Lipinski definition) is 2. The molecule has 2 heterocycles. The van der Waals surface area contributed by atoms with Crippen LogP contribution in [0.4, 0.5) is 0 Å². The molecule has 0 fully saturated rings. The highest BCUT2D eigenvalue weighted by atomic mass is 15.4. The summed E-state index contributed by atoms with van der Waals surface area (Å²) in [6.07, 6.45) is 7.61. The van der Waals surface area contributed by atoms with Crippen molar-refractivity contribution in [2.75, 3.05) is 0 Å². The maximum absolute atomic E-state index is 4.36. The van der Waals surface area contributed by atoms with Gasteiger partial charge in [-0.05, 0) is 26.0 Å². The zero-order chi connectivity index (χ0) is 13.9. The fourth-order valence-corrected chi connectivity index (χ4v) is 2.02. The normalized spacial score (nSPS) is 10.9. The first-order valence-electron chi connectivity index (χ1n) is 6.78.